The lowest BCUT2D eigenvalue weighted by atomic mass is 9.86. The van der Waals surface area contributed by atoms with Crippen LogP contribution in [0.5, 0.6) is 5.75 Å². The Balaban J connectivity index is 1.48. The average Bonchev–Trinajstić information content (AvgIpc) is 3.30. The Kier molecular flexibility index (Phi) is 6.50. The number of hydrogen-bond donors (Lipinski definition) is 2. The number of amides is 1. The molecule has 2 aromatic heterocycles. The second-order valence-corrected chi connectivity index (χ2v) is 11.2. The molecule has 3 aliphatic heterocycles. The number of benzene rings is 1. The third-order valence-electron chi connectivity index (χ3n) is 8.13. The van der Waals surface area contributed by atoms with Gasteiger partial charge in [-0.1, -0.05) is 6.92 Å². The van der Waals surface area contributed by atoms with Gasteiger partial charge in [-0.05, 0) is 39.4 Å². The topological polar surface area (TPSA) is 126 Å². The molecule has 5 heterocycles. The Bertz CT molecular complexity index is 1660. The highest BCUT2D eigenvalue weighted by Crippen LogP contribution is 2.43. The first-order valence-corrected chi connectivity index (χ1v) is 13.8. The number of carbonyl (C=O) groups excluding carboxylic acids is 2. The molecule has 1 saturated heterocycles. The Hall–Kier alpha value is -4.03. The summed E-state index contributed by atoms with van der Waals surface area (Å²) in [5.41, 5.74) is 0.585. The number of aromatic nitrogens is 2. The summed E-state index contributed by atoms with van der Waals surface area (Å²) >= 11 is 0. The van der Waals surface area contributed by atoms with Gasteiger partial charge in [0.1, 0.15) is 6.61 Å². The molecule has 12 heteroatoms. The smallest absolute Gasteiger partial charge is 0.415 e. The van der Waals surface area contributed by atoms with E-state index in [0.29, 0.717) is 59.7 Å². The molecule has 0 radical (unpaired) electrons. The van der Waals surface area contributed by atoms with Crippen molar-refractivity contribution in [3.8, 4) is 17.1 Å². The van der Waals surface area contributed by atoms with Crippen molar-refractivity contribution in [2.75, 3.05) is 38.5 Å². The summed E-state index contributed by atoms with van der Waals surface area (Å²) in [5, 5.41) is 15.1. The lowest BCUT2D eigenvalue weighted by molar-refractivity contribution is -0.172. The van der Waals surface area contributed by atoms with Gasteiger partial charge in [-0.3, -0.25) is 4.79 Å². The number of ether oxygens (including phenoxy) is 2. The van der Waals surface area contributed by atoms with E-state index in [1.165, 1.54) is 16.7 Å². The summed E-state index contributed by atoms with van der Waals surface area (Å²) < 4.78 is 27.5. The van der Waals surface area contributed by atoms with E-state index >= 15 is 4.39 Å². The van der Waals surface area contributed by atoms with Gasteiger partial charge in [-0.2, -0.15) is 0 Å². The number of fused-ring (bicyclic) bond motifs is 5. The van der Waals surface area contributed by atoms with Crippen molar-refractivity contribution < 1.29 is 28.6 Å². The maximum Gasteiger partial charge on any atom is 0.415 e. The molecule has 0 spiro atoms. The number of esters is 1. The Morgan fingerprint density at radius 2 is 1.93 bits per heavy atom. The molecule has 1 aromatic carbocycles. The SMILES string of the molecule is CC[C@@]1(O)C(=O)OCc2c1cc1n(c2=O)Cc2c-1nc1cc(F)c(OC(=O)N3CCN(C)CC3)cc1c2NC(C)C. The van der Waals surface area contributed by atoms with Gasteiger partial charge in [0.05, 0.1) is 34.7 Å². The summed E-state index contributed by atoms with van der Waals surface area (Å²) in [7, 11) is 1.97. The maximum atomic E-state index is 15.3. The lowest BCUT2D eigenvalue weighted by Gasteiger charge is -2.31. The van der Waals surface area contributed by atoms with Crippen LogP contribution >= 0.6 is 0 Å². The number of aliphatic hydroxyl groups is 1. The molecule has 216 valence electrons. The zero-order chi connectivity index (χ0) is 29.2. The Labute approximate surface area is 235 Å². The van der Waals surface area contributed by atoms with E-state index in [1.807, 2.05) is 20.9 Å². The third-order valence-corrected chi connectivity index (χ3v) is 8.13. The Morgan fingerprint density at radius 3 is 2.61 bits per heavy atom. The number of anilines is 1. The van der Waals surface area contributed by atoms with Crippen LogP contribution < -0.4 is 15.6 Å². The number of rotatable bonds is 4. The first-order valence-electron chi connectivity index (χ1n) is 13.8. The van der Waals surface area contributed by atoms with Gasteiger partial charge in [-0.25, -0.2) is 19.0 Å². The van der Waals surface area contributed by atoms with Crippen molar-refractivity contribution in [3.63, 3.8) is 0 Å². The van der Waals surface area contributed by atoms with Gasteiger partial charge in [0.2, 0.25) is 0 Å². The molecule has 0 unspecified atom stereocenters. The first kappa shape index (κ1) is 27.2. The van der Waals surface area contributed by atoms with E-state index in [0.717, 1.165) is 0 Å². The van der Waals surface area contributed by atoms with Crippen LogP contribution in [0, 0.1) is 5.82 Å². The average molecular weight is 566 g/mol. The minimum absolute atomic E-state index is 0.0285. The number of likely N-dealkylation sites (N-methyl/N-ethyl adjacent to an activating group) is 1. The number of carbonyl (C=O) groups is 2. The summed E-state index contributed by atoms with van der Waals surface area (Å²) in [6.45, 7) is 7.86. The fourth-order valence-corrected chi connectivity index (χ4v) is 5.76. The molecule has 11 nitrogen and oxygen atoms in total. The van der Waals surface area contributed by atoms with Crippen LogP contribution in [0.25, 0.3) is 22.3 Å². The largest absolute Gasteiger partial charge is 0.458 e. The number of nitrogens with one attached hydrogen (secondary N) is 1. The second kappa shape index (κ2) is 9.81. The lowest BCUT2D eigenvalue weighted by Crippen LogP contribution is -2.48. The number of pyridine rings is 2. The fraction of sp³-hybridized carbons (Fsp3) is 0.448. The van der Waals surface area contributed by atoms with Crippen molar-refractivity contribution in [2.24, 2.45) is 0 Å². The monoisotopic (exact) mass is 565 g/mol. The molecule has 3 aromatic rings. The number of piperazine rings is 1. The first-order chi connectivity index (χ1) is 19.5. The van der Waals surface area contributed by atoms with Gasteiger partial charge in [0.25, 0.3) is 5.56 Å². The molecule has 0 aliphatic carbocycles. The van der Waals surface area contributed by atoms with Crippen LogP contribution in [-0.2, 0) is 28.3 Å². The highest BCUT2D eigenvalue weighted by molar-refractivity contribution is 5.98. The molecule has 2 N–H and O–H groups in total. The fourth-order valence-electron chi connectivity index (χ4n) is 5.76. The second-order valence-electron chi connectivity index (χ2n) is 11.2. The quantitative estimate of drug-likeness (QED) is 0.359. The zero-order valence-corrected chi connectivity index (χ0v) is 23.4. The number of hydrogen-bond acceptors (Lipinski definition) is 9. The van der Waals surface area contributed by atoms with E-state index in [-0.39, 0.29) is 48.0 Å². The standard InChI is InChI=1S/C29H32FN5O6/c1-5-29(39)19-11-22-25-17(13-35(22)26(36)18(19)14-40-27(29)37)24(31-15(2)3)16-10-23(20(30)12-21(16)32-25)41-28(38)34-8-6-33(4)7-9-34/h10-12,15,39H,5-9,13-14H2,1-4H3,(H,31,32)/t29-/m0/s1. The molecular formula is C29H32FN5O6. The highest BCUT2D eigenvalue weighted by Gasteiger charge is 2.45. The third kappa shape index (κ3) is 4.32. The van der Waals surface area contributed by atoms with E-state index in [4.69, 9.17) is 14.5 Å². The van der Waals surface area contributed by atoms with Crippen molar-refractivity contribution in [3.05, 3.63) is 51.1 Å². The van der Waals surface area contributed by atoms with Crippen molar-refractivity contribution in [2.45, 2.75) is 52.0 Å². The normalized spacial score (nSPS) is 20.1. The molecule has 0 saturated carbocycles. The van der Waals surface area contributed by atoms with Gasteiger partial charge in [0.15, 0.2) is 17.2 Å². The van der Waals surface area contributed by atoms with Crippen LogP contribution in [0.4, 0.5) is 14.9 Å². The minimum atomic E-state index is -1.95. The number of nitrogens with zero attached hydrogens (tertiary/aromatic N) is 4. The molecular weight excluding hydrogens is 533 g/mol. The molecule has 6 rings (SSSR count). The molecule has 1 atom stereocenters. The summed E-state index contributed by atoms with van der Waals surface area (Å²) in [6, 6.07) is 4.27. The van der Waals surface area contributed by atoms with Crippen LogP contribution in [0.3, 0.4) is 0 Å². The molecule has 41 heavy (non-hydrogen) atoms. The summed E-state index contributed by atoms with van der Waals surface area (Å²) in [4.78, 5) is 47.3. The van der Waals surface area contributed by atoms with Crippen LogP contribution in [0.2, 0.25) is 0 Å². The van der Waals surface area contributed by atoms with Gasteiger partial charge in [0, 0.05) is 54.8 Å². The zero-order valence-electron chi connectivity index (χ0n) is 23.4. The minimum Gasteiger partial charge on any atom is -0.458 e. The predicted octanol–water partition coefficient (Wildman–Crippen LogP) is 2.79. The van der Waals surface area contributed by atoms with E-state index in [2.05, 4.69) is 10.2 Å². The van der Waals surface area contributed by atoms with Crippen LogP contribution in [-0.4, -0.2) is 75.8 Å². The number of halogens is 1. The van der Waals surface area contributed by atoms with Crippen LogP contribution in [0.1, 0.15) is 43.9 Å². The molecule has 3 aliphatic rings. The molecule has 1 fully saturated rings. The van der Waals surface area contributed by atoms with Gasteiger partial charge < -0.3 is 34.3 Å². The highest BCUT2D eigenvalue weighted by atomic mass is 19.1. The van der Waals surface area contributed by atoms with Crippen molar-refractivity contribution >= 4 is 28.7 Å². The van der Waals surface area contributed by atoms with Gasteiger partial charge in [-0.15, -0.1) is 0 Å². The van der Waals surface area contributed by atoms with E-state index < -0.39 is 23.5 Å². The molecule has 0 bridgehead atoms. The van der Waals surface area contributed by atoms with Gasteiger partial charge >= 0.3 is 12.1 Å². The van der Waals surface area contributed by atoms with E-state index in [9.17, 15) is 19.5 Å². The van der Waals surface area contributed by atoms with Crippen LogP contribution in [0.15, 0.2) is 23.0 Å². The Morgan fingerprint density at radius 1 is 1.20 bits per heavy atom. The summed E-state index contributed by atoms with van der Waals surface area (Å²) in [5.74, 6) is -1.75. The molecule has 1 amide bonds. The maximum absolute atomic E-state index is 15.3. The van der Waals surface area contributed by atoms with Crippen molar-refractivity contribution in [1.29, 1.82) is 0 Å². The predicted molar refractivity (Wildman–Crippen MR) is 148 cm³/mol. The number of cyclic esters (lactones) is 1. The van der Waals surface area contributed by atoms with E-state index in [1.54, 1.807) is 17.9 Å². The van der Waals surface area contributed by atoms with Crippen molar-refractivity contribution in [1.82, 2.24) is 19.4 Å². The summed E-state index contributed by atoms with van der Waals surface area (Å²) in [6.07, 6.45) is -0.589.